The first-order valence-electron chi connectivity index (χ1n) is 7.09. The third-order valence-corrected chi connectivity index (χ3v) is 5.57. The van der Waals surface area contributed by atoms with Gasteiger partial charge in [0.15, 0.2) is 0 Å². The molecule has 2 aromatic heterocycles. The zero-order valence-electron chi connectivity index (χ0n) is 11.4. The highest BCUT2D eigenvalue weighted by atomic mass is 79.9. The van der Waals surface area contributed by atoms with Crippen LogP contribution in [0.15, 0.2) is 22.1 Å². The van der Waals surface area contributed by atoms with Gasteiger partial charge in [-0.05, 0) is 34.8 Å². The number of carbonyl (C=O) groups excluding carboxylic acids is 1. The summed E-state index contributed by atoms with van der Waals surface area (Å²) in [6.07, 6.45) is 5.13. The summed E-state index contributed by atoms with van der Waals surface area (Å²) in [5, 5.41) is 3.30. The van der Waals surface area contributed by atoms with Gasteiger partial charge in [0.2, 0.25) is 0 Å². The van der Waals surface area contributed by atoms with Crippen LogP contribution >= 0.6 is 27.3 Å². The predicted octanol–water partition coefficient (Wildman–Crippen LogP) is 3.38. The first-order valence-corrected chi connectivity index (χ1v) is 8.76. The van der Waals surface area contributed by atoms with E-state index in [2.05, 4.69) is 31.3 Å². The lowest BCUT2D eigenvalue weighted by Gasteiger charge is -2.14. The zero-order chi connectivity index (χ0) is 14.4. The van der Waals surface area contributed by atoms with Gasteiger partial charge in [-0.15, -0.1) is 11.3 Å². The Morgan fingerprint density at radius 3 is 3.05 bits per heavy atom. The summed E-state index contributed by atoms with van der Waals surface area (Å²) in [6, 6.07) is 1.82. The summed E-state index contributed by atoms with van der Waals surface area (Å²) in [5.41, 5.74) is 2.83. The van der Waals surface area contributed by atoms with E-state index in [0.717, 1.165) is 27.2 Å². The van der Waals surface area contributed by atoms with E-state index >= 15 is 0 Å². The Kier molecular flexibility index (Phi) is 3.30. The lowest BCUT2D eigenvalue weighted by molar-refractivity contribution is 0.0779. The molecular weight excluding hydrogens is 350 g/mol. The number of thiazole rings is 1. The minimum Gasteiger partial charge on any atom is -0.332 e. The van der Waals surface area contributed by atoms with Crippen molar-refractivity contribution in [1.29, 1.82) is 0 Å². The molecule has 4 rings (SSSR count). The maximum atomic E-state index is 12.4. The Morgan fingerprint density at radius 1 is 1.43 bits per heavy atom. The van der Waals surface area contributed by atoms with Gasteiger partial charge < -0.3 is 4.90 Å². The van der Waals surface area contributed by atoms with Gasteiger partial charge in [0.25, 0.3) is 5.91 Å². The number of fused-ring (bicyclic) bond motifs is 1. The molecule has 1 fully saturated rings. The van der Waals surface area contributed by atoms with E-state index in [1.165, 1.54) is 18.5 Å². The third-order valence-electron chi connectivity index (χ3n) is 3.98. The normalized spacial score (nSPS) is 17.4. The van der Waals surface area contributed by atoms with Gasteiger partial charge in [0, 0.05) is 34.9 Å². The first kappa shape index (κ1) is 13.4. The molecule has 0 saturated heterocycles. The van der Waals surface area contributed by atoms with Crippen LogP contribution in [0.2, 0.25) is 0 Å². The summed E-state index contributed by atoms with van der Waals surface area (Å²) in [5.74, 6) is 0.775. The first-order chi connectivity index (χ1) is 10.2. The number of halogens is 1. The number of hydrogen-bond acceptors (Lipinski definition) is 4. The fourth-order valence-corrected chi connectivity index (χ4v) is 4.04. The fraction of sp³-hybridized carbons (Fsp3) is 0.400. The van der Waals surface area contributed by atoms with Crippen molar-refractivity contribution in [1.82, 2.24) is 14.9 Å². The highest BCUT2D eigenvalue weighted by molar-refractivity contribution is 9.10. The Bertz CT molecular complexity index is 711. The largest absolute Gasteiger partial charge is 0.332 e. The van der Waals surface area contributed by atoms with Crippen LogP contribution < -0.4 is 0 Å². The van der Waals surface area contributed by atoms with Crippen molar-refractivity contribution in [2.45, 2.75) is 31.7 Å². The van der Waals surface area contributed by atoms with Gasteiger partial charge in [-0.25, -0.2) is 4.98 Å². The number of rotatable bonds is 4. The molecule has 21 heavy (non-hydrogen) atoms. The van der Waals surface area contributed by atoms with Crippen LogP contribution in [0, 0.1) is 0 Å². The average molecular weight is 364 g/mol. The number of aromatic nitrogens is 2. The maximum absolute atomic E-state index is 12.4. The molecule has 2 aliphatic rings. The summed E-state index contributed by atoms with van der Waals surface area (Å²) >= 11 is 5.16. The van der Waals surface area contributed by atoms with Crippen molar-refractivity contribution in [3.8, 4) is 0 Å². The van der Waals surface area contributed by atoms with Crippen LogP contribution in [-0.2, 0) is 13.0 Å². The SMILES string of the molecule is O=C1c2c(Br)ccnc2CN1CCc1nc(C2CC2)cs1. The molecule has 0 unspecified atom stereocenters. The second kappa shape index (κ2) is 5.18. The monoisotopic (exact) mass is 363 g/mol. The molecule has 1 aliphatic carbocycles. The van der Waals surface area contributed by atoms with Gasteiger partial charge >= 0.3 is 0 Å². The van der Waals surface area contributed by atoms with Gasteiger partial charge in [-0.3, -0.25) is 9.78 Å². The topological polar surface area (TPSA) is 46.1 Å². The standard InChI is InChI=1S/C15H14BrN3OS/c16-10-3-5-17-11-7-19(15(20)14(10)11)6-4-13-18-12(8-21-13)9-1-2-9/h3,5,8-9H,1-2,4,6-7H2. The Hall–Kier alpha value is -1.27. The average Bonchev–Trinajstić information content (AvgIpc) is 3.12. The van der Waals surface area contributed by atoms with E-state index in [1.807, 2.05) is 11.0 Å². The van der Waals surface area contributed by atoms with Crippen LogP contribution in [0.25, 0.3) is 0 Å². The van der Waals surface area contributed by atoms with E-state index in [9.17, 15) is 4.79 Å². The molecule has 0 radical (unpaired) electrons. The molecule has 0 atom stereocenters. The molecule has 1 saturated carbocycles. The van der Waals surface area contributed by atoms with Crippen molar-refractivity contribution in [2.24, 2.45) is 0 Å². The quantitative estimate of drug-likeness (QED) is 0.836. The van der Waals surface area contributed by atoms with Crippen LogP contribution in [0.5, 0.6) is 0 Å². The van der Waals surface area contributed by atoms with Crippen molar-refractivity contribution >= 4 is 33.2 Å². The lowest BCUT2D eigenvalue weighted by atomic mass is 10.2. The maximum Gasteiger partial charge on any atom is 0.257 e. The second-order valence-corrected chi connectivity index (χ2v) is 7.33. The van der Waals surface area contributed by atoms with E-state index in [4.69, 9.17) is 0 Å². The van der Waals surface area contributed by atoms with Gasteiger partial charge in [0.1, 0.15) is 0 Å². The Balaban J connectivity index is 1.44. The van der Waals surface area contributed by atoms with Crippen LogP contribution in [-0.4, -0.2) is 27.3 Å². The van der Waals surface area contributed by atoms with E-state index in [-0.39, 0.29) is 5.91 Å². The molecule has 0 bridgehead atoms. The molecule has 108 valence electrons. The molecule has 1 aliphatic heterocycles. The van der Waals surface area contributed by atoms with Gasteiger partial charge in [-0.2, -0.15) is 0 Å². The highest BCUT2D eigenvalue weighted by Gasteiger charge is 2.30. The number of amides is 1. The molecule has 2 aromatic rings. The van der Waals surface area contributed by atoms with Crippen molar-refractivity contribution in [2.75, 3.05) is 6.54 Å². The number of hydrogen-bond donors (Lipinski definition) is 0. The summed E-state index contributed by atoms with van der Waals surface area (Å²) in [6.45, 7) is 1.31. The molecule has 3 heterocycles. The Labute approximate surface area is 135 Å². The number of nitrogens with zero attached hydrogens (tertiary/aromatic N) is 3. The zero-order valence-corrected chi connectivity index (χ0v) is 13.8. The molecular formula is C15H14BrN3OS. The van der Waals surface area contributed by atoms with Crippen LogP contribution in [0.4, 0.5) is 0 Å². The van der Waals surface area contributed by atoms with Crippen molar-refractivity contribution < 1.29 is 4.79 Å². The highest BCUT2D eigenvalue weighted by Crippen LogP contribution is 2.40. The molecule has 0 N–H and O–H groups in total. The molecule has 1 amide bonds. The van der Waals surface area contributed by atoms with Crippen molar-refractivity contribution in [3.05, 3.63) is 44.1 Å². The molecule has 4 nitrogen and oxygen atoms in total. The third kappa shape index (κ3) is 2.51. The second-order valence-electron chi connectivity index (χ2n) is 5.53. The summed E-state index contributed by atoms with van der Waals surface area (Å²) in [7, 11) is 0. The van der Waals surface area contributed by atoms with Crippen LogP contribution in [0.1, 0.15) is 45.5 Å². The summed E-state index contributed by atoms with van der Waals surface area (Å²) < 4.78 is 0.838. The van der Waals surface area contributed by atoms with Gasteiger partial charge in [0.05, 0.1) is 28.5 Å². The van der Waals surface area contributed by atoms with Crippen LogP contribution in [0.3, 0.4) is 0 Å². The lowest BCUT2D eigenvalue weighted by Crippen LogP contribution is -2.26. The predicted molar refractivity (Wildman–Crippen MR) is 84.5 cm³/mol. The number of carbonyl (C=O) groups is 1. The van der Waals surface area contributed by atoms with Crippen molar-refractivity contribution in [3.63, 3.8) is 0 Å². The van der Waals surface area contributed by atoms with E-state index < -0.39 is 0 Å². The minimum atomic E-state index is 0.0731. The Morgan fingerprint density at radius 2 is 2.29 bits per heavy atom. The summed E-state index contributed by atoms with van der Waals surface area (Å²) in [4.78, 5) is 23.2. The fourth-order valence-electron chi connectivity index (χ4n) is 2.65. The molecule has 0 aromatic carbocycles. The minimum absolute atomic E-state index is 0.0731. The molecule has 6 heteroatoms. The van der Waals surface area contributed by atoms with E-state index in [1.54, 1.807) is 17.5 Å². The number of pyridine rings is 1. The smallest absolute Gasteiger partial charge is 0.257 e. The van der Waals surface area contributed by atoms with Gasteiger partial charge in [-0.1, -0.05) is 0 Å². The van der Waals surface area contributed by atoms with E-state index in [0.29, 0.717) is 19.0 Å². The molecule has 0 spiro atoms.